The number of amides is 1. The maximum Gasteiger partial charge on any atom is 0.472 e. The van der Waals surface area contributed by atoms with Crippen LogP contribution in [0.3, 0.4) is 0 Å². The summed E-state index contributed by atoms with van der Waals surface area (Å²) in [7, 11) is -5.14. The Labute approximate surface area is 349 Å². The standard InChI is InChI=1S/C44H82NO12P/c1-3-5-7-9-11-13-15-16-17-18-19-20-22-23-25-27-29-31-35(46)33-38(48)45-36(37(47)32-30-28-26-24-21-14-12-10-8-6-4-2)34-56-58(54,55)57-44-42(52)40(50)39(49)41(51)43(44)53/h11,13,15-16,30,32,35-37,39-44,46-47,49-53H,3-10,12,14,17-29,31,33-34H2,1-2H3,(H,45,48)(H,54,55)/b13-11-,16-15-,32-30+. The summed E-state index contributed by atoms with van der Waals surface area (Å²) in [6.07, 6.45) is 23.8. The molecular weight excluding hydrogens is 765 g/mol. The van der Waals surface area contributed by atoms with Crippen LogP contribution in [0.5, 0.6) is 0 Å². The van der Waals surface area contributed by atoms with E-state index in [1.165, 1.54) is 89.5 Å². The minimum Gasteiger partial charge on any atom is -0.393 e. The molecule has 8 atom stereocenters. The van der Waals surface area contributed by atoms with E-state index in [1.807, 2.05) is 0 Å². The van der Waals surface area contributed by atoms with Crippen LogP contribution in [0.4, 0.5) is 0 Å². The summed E-state index contributed by atoms with van der Waals surface area (Å²) in [5.74, 6) is -0.600. The fourth-order valence-corrected chi connectivity index (χ4v) is 7.96. The van der Waals surface area contributed by atoms with Crippen molar-refractivity contribution in [3.8, 4) is 0 Å². The molecule has 14 heteroatoms. The predicted octanol–water partition coefficient (Wildman–Crippen LogP) is 6.97. The number of hydrogen-bond donors (Lipinski definition) is 9. The average molecular weight is 848 g/mol. The summed E-state index contributed by atoms with van der Waals surface area (Å²) >= 11 is 0. The zero-order valence-corrected chi connectivity index (χ0v) is 36.6. The first-order valence-electron chi connectivity index (χ1n) is 22.5. The van der Waals surface area contributed by atoms with Gasteiger partial charge in [-0.15, -0.1) is 0 Å². The van der Waals surface area contributed by atoms with Gasteiger partial charge in [0.2, 0.25) is 5.91 Å². The summed E-state index contributed by atoms with van der Waals surface area (Å²) in [5.41, 5.74) is 0. The Hall–Kier alpha value is -1.48. The molecule has 58 heavy (non-hydrogen) atoms. The molecule has 1 aliphatic rings. The Kier molecular flexibility index (Phi) is 32.1. The number of allylic oxidation sites excluding steroid dienone is 5. The molecule has 0 spiro atoms. The third kappa shape index (κ3) is 26.0. The molecule has 0 radical (unpaired) electrons. The topological polar surface area (TPSA) is 226 Å². The average Bonchev–Trinajstić information content (AvgIpc) is 3.19. The second-order valence-electron chi connectivity index (χ2n) is 16.1. The first-order valence-corrected chi connectivity index (χ1v) is 24.0. The van der Waals surface area contributed by atoms with Crippen molar-refractivity contribution in [2.75, 3.05) is 6.61 Å². The van der Waals surface area contributed by atoms with E-state index in [2.05, 4.69) is 43.5 Å². The van der Waals surface area contributed by atoms with Gasteiger partial charge in [-0.05, 0) is 44.9 Å². The predicted molar refractivity (Wildman–Crippen MR) is 229 cm³/mol. The first kappa shape index (κ1) is 54.5. The van der Waals surface area contributed by atoms with Gasteiger partial charge >= 0.3 is 7.82 Å². The van der Waals surface area contributed by atoms with Gasteiger partial charge in [0.15, 0.2) is 0 Å². The molecule has 1 rings (SSSR count). The van der Waals surface area contributed by atoms with Gasteiger partial charge in [-0.2, -0.15) is 0 Å². The Bertz CT molecular complexity index is 1140. The number of phosphoric ester groups is 1. The molecule has 1 saturated carbocycles. The van der Waals surface area contributed by atoms with Gasteiger partial charge in [-0.3, -0.25) is 13.8 Å². The second kappa shape index (κ2) is 34.1. The summed E-state index contributed by atoms with van der Waals surface area (Å²) in [4.78, 5) is 23.4. The molecule has 0 aromatic rings. The van der Waals surface area contributed by atoms with E-state index in [4.69, 9.17) is 9.05 Å². The van der Waals surface area contributed by atoms with E-state index in [9.17, 15) is 50.0 Å². The highest BCUT2D eigenvalue weighted by molar-refractivity contribution is 7.47. The van der Waals surface area contributed by atoms with Crippen LogP contribution in [0.25, 0.3) is 0 Å². The smallest absolute Gasteiger partial charge is 0.393 e. The molecule has 9 N–H and O–H groups in total. The molecule has 0 bridgehead atoms. The monoisotopic (exact) mass is 848 g/mol. The molecule has 1 aliphatic carbocycles. The minimum atomic E-state index is -5.14. The van der Waals surface area contributed by atoms with Crippen LogP contribution in [0.1, 0.15) is 174 Å². The number of phosphoric acid groups is 1. The number of carbonyl (C=O) groups is 1. The highest BCUT2D eigenvalue weighted by atomic mass is 31.2. The number of carbonyl (C=O) groups excluding carboxylic acids is 1. The molecule has 13 nitrogen and oxygen atoms in total. The second-order valence-corrected chi connectivity index (χ2v) is 17.5. The van der Waals surface area contributed by atoms with Crippen molar-refractivity contribution >= 4 is 13.7 Å². The fraction of sp³-hybridized carbons (Fsp3) is 0.841. The van der Waals surface area contributed by atoms with Crippen LogP contribution in [0.15, 0.2) is 36.5 Å². The molecule has 1 fully saturated rings. The Morgan fingerprint density at radius 1 is 0.621 bits per heavy atom. The third-order valence-corrected chi connectivity index (χ3v) is 11.7. The van der Waals surface area contributed by atoms with Crippen molar-refractivity contribution in [1.29, 1.82) is 0 Å². The number of aliphatic hydroxyl groups excluding tert-OH is 7. The SMILES string of the molecule is CCCCC/C=C\C=C/CCCCCCCCCCC(O)CC(=O)NC(COP(=O)(O)OC1C(O)C(O)C(O)C(O)C1O)C(O)/C=C/CCCCCCCCCCC. The molecule has 0 aromatic carbocycles. The van der Waals surface area contributed by atoms with E-state index in [1.54, 1.807) is 6.08 Å². The lowest BCUT2D eigenvalue weighted by Crippen LogP contribution is -2.64. The molecular formula is C44H82NO12P. The number of rotatable bonds is 36. The zero-order chi connectivity index (χ0) is 43.0. The van der Waals surface area contributed by atoms with Crippen LogP contribution in [0, 0.1) is 0 Å². The van der Waals surface area contributed by atoms with E-state index < -0.39 is 75.2 Å². The first-order chi connectivity index (χ1) is 27.8. The van der Waals surface area contributed by atoms with Crippen molar-refractivity contribution in [3.05, 3.63) is 36.5 Å². The van der Waals surface area contributed by atoms with Crippen LogP contribution >= 0.6 is 7.82 Å². The van der Waals surface area contributed by atoms with E-state index in [0.717, 1.165) is 57.8 Å². The number of aliphatic hydroxyl groups is 7. The Balaban J connectivity index is 2.54. The quantitative estimate of drug-likeness (QED) is 0.0135. The largest absolute Gasteiger partial charge is 0.472 e. The minimum absolute atomic E-state index is 0.250. The van der Waals surface area contributed by atoms with Gasteiger partial charge in [0, 0.05) is 0 Å². The Morgan fingerprint density at radius 2 is 1.03 bits per heavy atom. The third-order valence-electron chi connectivity index (χ3n) is 10.7. The molecule has 340 valence electrons. The summed E-state index contributed by atoms with van der Waals surface area (Å²) < 4.78 is 22.8. The molecule has 0 aromatic heterocycles. The molecule has 0 heterocycles. The van der Waals surface area contributed by atoms with Crippen molar-refractivity contribution in [2.45, 2.75) is 229 Å². The lowest BCUT2D eigenvalue weighted by molar-refractivity contribution is -0.220. The lowest BCUT2D eigenvalue weighted by atomic mass is 9.85. The van der Waals surface area contributed by atoms with Crippen LogP contribution < -0.4 is 5.32 Å². The van der Waals surface area contributed by atoms with Crippen molar-refractivity contribution in [2.24, 2.45) is 0 Å². The van der Waals surface area contributed by atoms with Crippen LogP contribution in [0.2, 0.25) is 0 Å². The fourth-order valence-electron chi connectivity index (χ4n) is 6.99. The van der Waals surface area contributed by atoms with Crippen LogP contribution in [-0.4, -0.2) is 108 Å². The normalized spacial score (nSPS) is 24.1. The molecule has 0 saturated heterocycles. The van der Waals surface area contributed by atoms with E-state index in [-0.39, 0.29) is 6.42 Å². The van der Waals surface area contributed by atoms with Crippen molar-refractivity contribution in [1.82, 2.24) is 5.32 Å². The maximum absolute atomic E-state index is 13.0. The van der Waals surface area contributed by atoms with Gasteiger partial charge in [-0.25, -0.2) is 4.57 Å². The van der Waals surface area contributed by atoms with Crippen molar-refractivity contribution in [3.63, 3.8) is 0 Å². The van der Waals surface area contributed by atoms with Crippen molar-refractivity contribution < 1.29 is 59.0 Å². The number of hydrogen-bond acceptors (Lipinski definition) is 11. The van der Waals surface area contributed by atoms with Crippen LogP contribution in [-0.2, 0) is 18.4 Å². The lowest BCUT2D eigenvalue weighted by Gasteiger charge is -2.41. The van der Waals surface area contributed by atoms with Gasteiger partial charge in [0.25, 0.3) is 0 Å². The highest BCUT2D eigenvalue weighted by Crippen LogP contribution is 2.47. The molecule has 0 aliphatic heterocycles. The zero-order valence-electron chi connectivity index (χ0n) is 35.7. The maximum atomic E-state index is 13.0. The van der Waals surface area contributed by atoms with Gasteiger partial charge in [-0.1, -0.05) is 159 Å². The van der Waals surface area contributed by atoms with Gasteiger partial charge < -0.3 is 46.0 Å². The number of unbranched alkanes of at least 4 members (excludes halogenated alkanes) is 20. The summed E-state index contributed by atoms with van der Waals surface area (Å²) in [6.45, 7) is 3.67. The van der Waals surface area contributed by atoms with E-state index >= 15 is 0 Å². The molecule has 8 unspecified atom stereocenters. The Morgan fingerprint density at radius 3 is 1.55 bits per heavy atom. The van der Waals surface area contributed by atoms with Gasteiger partial charge in [0.1, 0.15) is 36.6 Å². The summed E-state index contributed by atoms with van der Waals surface area (Å²) in [5, 5.41) is 74.3. The highest BCUT2D eigenvalue weighted by Gasteiger charge is 2.51. The van der Waals surface area contributed by atoms with E-state index in [0.29, 0.717) is 12.8 Å². The molecule has 1 amide bonds. The van der Waals surface area contributed by atoms with Gasteiger partial charge in [0.05, 0.1) is 31.3 Å². The number of nitrogens with one attached hydrogen (secondary N) is 1. The summed E-state index contributed by atoms with van der Waals surface area (Å²) in [6, 6.07) is -1.24.